The normalized spacial score (nSPS) is 11.8. The van der Waals surface area contributed by atoms with Gasteiger partial charge in [0.25, 0.3) is 0 Å². The number of benzene rings is 1. The Bertz CT molecular complexity index is 287. The molecule has 1 rings (SSSR count). The van der Waals surface area contributed by atoms with Gasteiger partial charge >= 0.3 is 0 Å². The van der Waals surface area contributed by atoms with Gasteiger partial charge in [-0.2, -0.15) is 0 Å². The van der Waals surface area contributed by atoms with Gasteiger partial charge in [-0.25, -0.2) is 0 Å². The number of rotatable bonds is 3. The maximum Gasteiger partial charge on any atom is 0.0594 e. The summed E-state index contributed by atoms with van der Waals surface area (Å²) in [6.45, 7) is 7.99. The summed E-state index contributed by atoms with van der Waals surface area (Å²) in [5.41, 5.74) is 3.48. The second-order valence-electron chi connectivity index (χ2n) is 4.68. The molecular weight excluding hydrogens is 172 g/mol. The molecule has 0 bridgehead atoms. The number of hydrogen-bond donors (Lipinski definition) is 1. The highest BCUT2D eigenvalue weighted by atomic mass is 16.3. The zero-order chi connectivity index (χ0) is 10.8. The molecule has 0 aliphatic carbocycles. The molecule has 1 heteroatoms. The molecule has 1 aromatic carbocycles. The SMILES string of the molecule is Cc1cccc(C)c1CCC(C)(C)O. The molecule has 1 nitrogen and oxygen atoms in total. The first-order valence-corrected chi connectivity index (χ1v) is 5.17. The van der Waals surface area contributed by atoms with Crippen LogP contribution in [0.4, 0.5) is 0 Å². The molecule has 78 valence electrons. The minimum Gasteiger partial charge on any atom is -0.390 e. The highest BCUT2D eigenvalue weighted by Crippen LogP contribution is 2.19. The predicted molar refractivity (Wildman–Crippen MR) is 60.5 cm³/mol. The van der Waals surface area contributed by atoms with Crippen molar-refractivity contribution in [3.05, 3.63) is 34.9 Å². The number of hydrogen-bond acceptors (Lipinski definition) is 1. The quantitative estimate of drug-likeness (QED) is 0.780. The second kappa shape index (κ2) is 4.14. The Labute approximate surface area is 86.8 Å². The van der Waals surface area contributed by atoms with Crippen LogP contribution in [0.5, 0.6) is 0 Å². The van der Waals surface area contributed by atoms with Crippen molar-refractivity contribution in [2.45, 2.75) is 46.1 Å². The molecule has 0 aliphatic rings. The summed E-state index contributed by atoms with van der Waals surface area (Å²) in [5, 5.41) is 9.66. The third-order valence-corrected chi connectivity index (χ3v) is 2.63. The summed E-state index contributed by atoms with van der Waals surface area (Å²) in [6, 6.07) is 6.34. The molecular formula is C13H20O. The second-order valence-corrected chi connectivity index (χ2v) is 4.68. The van der Waals surface area contributed by atoms with E-state index in [4.69, 9.17) is 0 Å². The van der Waals surface area contributed by atoms with Crippen molar-refractivity contribution in [3.63, 3.8) is 0 Å². The first kappa shape index (κ1) is 11.3. The minimum absolute atomic E-state index is 0.561. The van der Waals surface area contributed by atoms with Gasteiger partial charge in [0.1, 0.15) is 0 Å². The molecule has 0 aliphatic heterocycles. The van der Waals surface area contributed by atoms with Crippen LogP contribution in [0.25, 0.3) is 0 Å². The van der Waals surface area contributed by atoms with Crippen LogP contribution in [-0.4, -0.2) is 10.7 Å². The Hall–Kier alpha value is -0.820. The third kappa shape index (κ3) is 3.15. The van der Waals surface area contributed by atoms with Crippen molar-refractivity contribution in [1.82, 2.24) is 0 Å². The van der Waals surface area contributed by atoms with Crippen molar-refractivity contribution in [1.29, 1.82) is 0 Å². The van der Waals surface area contributed by atoms with Crippen LogP contribution in [0.3, 0.4) is 0 Å². The van der Waals surface area contributed by atoms with E-state index in [1.807, 2.05) is 13.8 Å². The molecule has 1 aromatic rings. The smallest absolute Gasteiger partial charge is 0.0594 e. The van der Waals surface area contributed by atoms with E-state index < -0.39 is 5.60 Å². The molecule has 0 amide bonds. The van der Waals surface area contributed by atoms with Gasteiger partial charge in [-0.1, -0.05) is 18.2 Å². The van der Waals surface area contributed by atoms with E-state index in [0.29, 0.717) is 0 Å². The van der Waals surface area contributed by atoms with Crippen molar-refractivity contribution in [2.24, 2.45) is 0 Å². The highest BCUT2D eigenvalue weighted by molar-refractivity contribution is 5.33. The van der Waals surface area contributed by atoms with Gasteiger partial charge in [0.2, 0.25) is 0 Å². The van der Waals surface area contributed by atoms with E-state index in [0.717, 1.165) is 12.8 Å². The van der Waals surface area contributed by atoms with Gasteiger partial charge in [0.05, 0.1) is 5.60 Å². The Balaban J connectivity index is 2.77. The molecule has 0 unspecified atom stereocenters. The van der Waals surface area contributed by atoms with E-state index in [-0.39, 0.29) is 0 Å². The van der Waals surface area contributed by atoms with E-state index >= 15 is 0 Å². The summed E-state index contributed by atoms with van der Waals surface area (Å²) in [6.07, 6.45) is 1.78. The molecule has 0 heterocycles. The van der Waals surface area contributed by atoms with E-state index in [1.54, 1.807) is 0 Å². The summed E-state index contributed by atoms with van der Waals surface area (Å²) < 4.78 is 0. The Morgan fingerprint density at radius 2 is 1.64 bits per heavy atom. The number of aliphatic hydroxyl groups is 1. The van der Waals surface area contributed by atoms with Gasteiger partial charge in [0.15, 0.2) is 0 Å². The maximum absolute atomic E-state index is 9.66. The van der Waals surface area contributed by atoms with E-state index in [1.165, 1.54) is 16.7 Å². The molecule has 0 spiro atoms. The lowest BCUT2D eigenvalue weighted by Gasteiger charge is -2.18. The largest absolute Gasteiger partial charge is 0.390 e. The van der Waals surface area contributed by atoms with Crippen LogP contribution in [-0.2, 0) is 6.42 Å². The number of aryl methyl sites for hydroxylation is 2. The van der Waals surface area contributed by atoms with Gasteiger partial charge in [-0.3, -0.25) is 0 Å². The topological polar surface area (TPSA) is 20.2 Å². The molecule has 0 saturated heterocycles. The standard InChI is InChI=1S/C13H20O/c1-10-6-5-7-11(2)12(10)8-9-13(3,4)14/h5-7,14H,8-9H2,1-4H3. The van der Waals surface area contributed by atoms with Gasteiger partial charge in [-0.15, -0.1) is 0 Å². The Morgan fingerprint density at radius 3 is 2.07 bits per heavy atom. The fourth-order valence-corrected chi connectivity index (χ4v) is 1.67. The molecule has 0 radical (unpaired) electrons. The van der Waals surface area contributed by atoms with Gasteiger partial charge in [-0.05, 0) is 57.2 Å². The van der Waals surface area contributed by atoms with E-state index in [9.17, 15) is 5.11 Å². The molecule has 0 saturated carbocycles. The highest BCUT2D eigenvalue weighted by Gasteiger charge is 2.13. The lowest BCUT2D eigenvalue weighted by Crippen LogP contribution is -2.19. The first-order chi connectivity index (χ1) is 6.40. The first-order valence-electron chi connectivity index (χ1n) is 5.17. The van der Waals surface area contributed by atoms with Crippen molar-refractivity contribution < 1.29 is 5.11 Å². The van der Waals surface area contributed by atoms with Crippen LogP contribution in [0.1, 0.15) is 37.0 Å². The lowest BCUT2D eigenvalue weighted by molar-refractivity contribution is 0.0713. The van der Waals surface area contributed by atoms with Crippen LogP contribution in [0.2, 0.25) is 0 Å². The fourth-order valence-electron chi connectivity index (χ4n) is 1.67. The van der Waals surface area contributed by atoms with Crippen LogP contribution >= 0.6 is 0 Å². The molecule has 0 fully saturated rings. The molecule has 0 atom stereocenters. The predicted octanol–water partition coefficient (Wildman–Crippen LogP) is 3.01. The third-order valence-electron chi connectivity index (χ3n) is 2.63. The van der Waals surface area contributed by atoms with Crippen molar-refractivity contribution >= 4 is 0 Å². The van der Waals surface area contributed by atoms with Crippen LogP contribution < -0.4 is 0 Å². The van der Waals surface area contributed by atoms with E-state index in [2.05, 4.69) is 32.0 Å². The average Bonchev–Trinajstić information content (AvgIpc) is 2.01. The zero-order valence-corrected chi connectivity index (χ0v) is 9.59. The summed E-state index contributed by atoms with van der Waals surface area (Å²) >= 11 is 0. The molecule has 0 aromatic heterocycles. The lowest BCUT2D eigenvalue weighted by atomic mass is 9.93. The van der Waals surface area contributed by atoms with Gasteiger partial charge < -0.3 is 5.11 Å². The average molecular weight is 192 g/mol. The van der Waals surface area contributed by atoms with Crippen LogP contribution in [0, 0.1) is 13.8 Å². The molecule has 14 heavy (non-hydrogen) atoms. The monoisotopic (exact) mass is 192 g/mol. The van der Waals surface area contributed by atoms with Crippen molar-refractivity contribution in [2.75, 3.05) is 0 Å². The van der Waals surface area contributed by atoms with Crippen LogP contribution in [0.15, 0.2) is 18.2 Å². The molecule has 1 N–H and O–H groups in total. The summed E-state index contributed by atoms with van der Waals surface area (Å²) in [4.78, 5) is 0. The fraction of sp³-hybridized carbons (Fsp3) is 0.538. The van der Waals surface area contributed by atoms with Crippen molar-refractivity contribution in [3.8, 4) is 0 Å². The Morgan fingerprint density at radius 1 is 1.14 bits per heavy atom. The Kier molecular flexibility index (Phi) is 3.33. The van der Waals surface area contributed by atoms with Gasteiger partial charge in [0, 0.05) is 0 Å². The zero-order valence-electron chi connectivity index (χ0n) is 9.59. The minimum atomic E-state index is -0.561. The summed E-state index contributed by atoms with van der Waals surface area (Å²) in [7, 11) is 0. The maximum atomic E-state index is 9.66. The summed E-state index contributed by atoms with van der Waals surface area (Å²) in [5.74, 6) is 0.